The highest BCUT2D eigenvalue weighted by Gasteiger charge is 2.23. The number of fused-ring (bicyclic) bond motifs is 2. The minimum Gasteiger partial charge on any atom is -0.350 e. The fourth-order valence-electron chi connectivity index (χ4n) is 4.07. The summed E-state index contributed by atoms with van der Waals surface area (Å²) in [6.45, 7) is 7.13. The standard InChI is InChI=1S/C23H21FN6O/c1-13-6-21(31)30-22(27-13)14(2)15(3)23(28-30)29-5-4-20-18(12-29)7-16(10-26-20)17-8-19(24)11-25-9-17/h6-11H,4-5,12H2,1-3H3. The van der Waals surface area contributed by atoms with Crippen LogP contribution in [0.1, 0.15) is 28.1 Å². The first-order chi connectivity index (χ1) is 14.9. The number of anilines is 1. The highest BCUT2D eigenvalue weighted by atomic mass is 19.1. The molecule has 0 saturated carbocycles. The Kier molecular flexibility index (Phi) is 4.50. The van der Waals surface area contributed by atoms with Gasteiger partial charge >= 0.3 is 0 Å². The van der Waals surface area contributed by atoms with Gasteiger partial charge in [0.25, 0.3) is 5.56 Å². The SMILES string of the molecule is Cc1cc(=O)n2nc(N3CCc4ncc(-c5cncc(F)c5)cc4C3)c(C)c(C)c2n1. The third-order valence-corrected chi connectivity index (χ3v) is 5.83. The van der Waals surface area contributed by atoms with Crippen LogP contribution < -0.4 is 10.5 Å². The molecule has 0 aromatic carbocycles. The Bertz CT molecular complexity index is 1400. The molecule has 0 unspecified atom stereocenters. The Balaban J connectivity index is 1.56. The van der Waals surface area contributed by atoms with Crippen LogP contribution >= 0.6 is 0 Å². The predicted molar refractivity (Wildman–Crippen MR) is 116 cm³/mol. The Morgan fingerprint density at radius 1 is 1.00 bits per heavy atom. The molecule has 0 aliphatic carbocycles. The van der Waals surface area contributed by atoms with E-state index < -0.39 is 0 Å². The highest BCUT2D eigenvalue weighted by molar-refractivity contribution is 5.64. The zero-order valence-electron chi connectivity index (χ0n) is 17.6. The Labute approximate surface area is 178 Å². The second-order valence-corrected chi connectivity index (χ2v) is 7.94. The molecule has 0 radical (unpaired) electrons. The number of pyridine rings is 2. The fraction of sp³-hybridized carbons (Fsp3) is 0.261. The monoisotopic (exact) mass is 416 g/mol. The molecule has 0 spiro atoms. The van der Waals surface area contributed by atoms with Crippen molar-refractivity contribution in [1.82, 2.24) is 24.6 Å². The summed E-state index contributed by atoms with van der Waals surface area (Å²) in [5.74, 6) is 0.388. The maximum Gasteiger partial charge on any atom is 0.274 e. The lowest BCUT2D eigenvalue weighted by atomic mass is 10.0. The Morgan fingerprint density at radius 2 is 1.81 bits per heavy atom. The van der Waals surface area contributed by atoms with Crippen molar-refractivity contribution in [3.63, 3.8) is 0 Å². The van der Waals surface area contributed by atoms with Crippen LogP contribution in [0, 0.1) is 26.6 Å². The lowest BCUT2D eigenvalue weighted by Crippen LogP contribution is -2.34. The summed E-state index contributed by atoms with van der Waals surface area (Å²) in [5.41, 5.74) is 6.61. The number of hydrogen-bond donors (Lipinski definition) is 0. The summed E-state index contributed by atoms with van der Waals surface area (Å²) in [7, 11) is 0. The van der Waals surface area contributed by atoms with Crippen molar-refractivity contribution in [2.75, 3.05) is 11.4 Å². The second kappa shape index (κ2) is 7.23. The molecule has 4 aromatic heterocycles. The van der Waals surface area contributed by atoms with Gasteiger partial charge in [-0.3, -0.25) is 14.8 Å². The maximum absolute atomic E-state index is 13.6. The van der Waals surface area contributed by atoms with E-state index in [-0.39, 0.29) is 11.4 Å². The molecule has 0 fully saturated rings. The first kappa shape index (κ1) is 19.3. The third kappa shape index (κ3) is 3.34. The molecule has 5 heterocycles. The van der Waals surface area contributed by atoms with E-state index in [2.05, 4.69) is 25.0 Å². The van der Waals surface area contributed by atoms with Crippen molar-refractivity contribution >= 4 is 11.5 Å². The molecule has 31 heavy (non-hydrogen) atoms. The first-order valence-electron chi connectivity index (χ1n) is 10.1. The van der Waals surface area contributed by atoms with Crippen molar-refractivity contribution in [3.05, 3.63) is 81.0 Å². The molecule has 0 atom stereocenters. The third-order valence-electron chi connectivity index (χ3n) is 5.83. The van der Waals surface area contributed by atoms with Gasteiger partial charge in [0, 0.05) is 71.6 Å². The average molecular weight is 416 g/mol. The molecule has 8 heteroatoms. The van der Waals surface area contributed by atoms with Crippen LogP contribution in [0.2, 0.25) is 0 Å². The summed E-state index contributed by atoms with van der Waals surface area (Å²) in [6.07, 6.45) is 5.34. The van der Waals surface area contributed by atoms with Crippen molar-refractivity contribution in [2.24, 2.45) is 0 Å². The lowest BCUT2D eigenvalue weighted by molar-refractivity contribution is 0.622. The van der Waals surface area contributed by atoms with E-state index in [9.17, 15) is 9.18 Å². The van der Waals surface area contributed by atoms with E-state index in [0.717, 1.165) is 46.7 Å². The van der Waals surface area contributed by atoms with E-state index >= 15 is 0 Å². The number of halogens is 1. The minimum atomic E-state index is -0.377. The molecule has 4 aromatic rings. The van der Waals surface area contributed by atoms with Crippen LogP contribution in [0.4, 0.5) is 10.2 Å². The van der Waals surface area contributed by atoms with Crippen LogP contribution in [0.15, 0.2) is 41.6 Å². The summed E-state index contributed by atoms with van der Waals surface area (Å²) in [4.78, 5) is 27.7. The van der Waals surface area contributed by atoms with Crippen molar-refractivity contribution in [2.45, 2.75) is 33.7 Å². The van der Waals surface area contributed by atoms with E-state index in [1.54, 1.807) is 12.4 Å². The molecule has 5 rings (SSSR count). The Morgan fingerprint density at radius 3 is 2.61 bits per heavy atom. The molecule has 0 N–H and O–H groups in total. The minimum absolute atomic E-state index is 0.188. The summed E-state index contributed by atoms with van der Waals surface area (Å²) in [6, 6.07) is 4.98. The van der Waals surface area contributed by atoms with Crippen molar-refractivity contribution in [1.29, 1.82) is 0 Å². The van der Waals surface area contributed by atoms with E-state index in [1.165, 1.54) is 22.8 Å². The maximum atomic E-state index is 13.6. The van der Waals surface area contributed by atoms with E-state index in [0.29, 0.717) is 23.4 Å². The number of aryl methyl sites for hydroxylation is 2. The van der Waals surface area contributed by atoms with Crippen molar-refractivity contribution in [3.8, 4) is 11.1 Å². The van der Waals surface area contributed by atoms with Gasteiger partial charge in [0.15, 0.2) is 11.5 Å². The van der Waals surface area contributed by atoms with E-state index in [1.807, 2.05) is 26.8 Å². The van der Waals surface area contributed by atoms with Gasteiger partial charge in [-0.05, 0) is 38.5 Å². The van der Waals surface area contributed by atoms with Gasteiger partial charge in [0.1, 0.15) is 5.82 Å². The Hall–Kier alpha value is -3.68. The van der Waals surface area contributed by atoms with Crippen LogP contribution in [0.3, 0.4) is 0 Å². The van der Waals surface area contributed by atoms with Gasteiger partial charge < -0.3 is 4.90 Å². The number of nitrogens with zero attached hydrogens (tertiary/aromatic N) is 6. The zero-order chi connectivity index (χ0) is 21.7. The van der Waals surface area contributed by atoms with Crippen LogP contribution in [0.25, 0.3) is 16.8 Å². The van der Waals surface area contributed by atoms with Gasteiger partial charge in [-0.15, -0.1) is 5.10 Å². The second-order valence-electron chi connectivity index (χ2n) is 7.94. The molecule has 1 aliphatic rings. The lowest BCUT2D eigenvalue weighted by Gasteiger charge is -2.31. The van der Waals surface area contributed by atoms with Crippen LogP contribution in [0.5, 0.6) is 0 Å². The van der Waals surface area contributed by atoms with E-state index in [4.69, 9.17) is 0 Å². The fourth-order valence-corrected chi connectivity index (χ4v) is 4.07. The van der Waals surface area contributed by atoms with Crippen LogP contribution in [-0.4, -0.2) is 31.1 Å². The molecule has 156 valence electrons. The quantitative estimate of drug-likeness (QED) is 0.500. The van der Waals surface area contributed by atoms with Gasteiger partial charge in [0.05, 0.1) is 6.20 Å². The summed E-state index contributed by atoms with van der Waals surface area (Å²) >= 11 is 0. The molecule has 0 bridgehead atoms. The molecule has 1 aliphatic heterocycles. The first-order valence-corrected chi connectivity index (χ1v) is 10.1. The highest BCUT2D eigenvalue weighted by Crippen LogP contribution is 2.29. The molecule has 7 nitrogen and oxygen atoms in total. The zero-order valence-corrected chi connectivity index (χ0v) is 17.6. The molecular weight excluding hydrogens is 395 g/mol. The largest absolute Gasteiger partial charge is 0.350 e. The predicted octanol–water partition coefficient (Wildman–Crippen LogP) is 3.17. The van der Waals surface area contributed by atoms with Gasteiger partial charge in [-0.25, -0.2) is 9.37 Å². The molecular formula is C23H21FN6O. The smallest absolute Gasteiger partial charge is 0.274 e. The van der Waals surface area contributed by atoms with Gasteiger partial charge in [-0.1, -0.05) is 0 Å². The number of rotatable bonds is 2. The van der Waals surface area contributed by atoms with Gasteiger partial charge in [-0.2, -0.15) is 4.52 Å². The topological polar surface area (TPSA) is 76.3 Å². The average Bonchev–Trinajstić information content (AvgIpc) is 2.76. The summed E-state index contributed by atoms with van der Waals surface area (Å²) < 4.78 is 15.0. The molecule has 0 saturated heterocycles. The number of aromatic nitrogens is 5. The van der Waals surface area contributed by atoms with Gasteiger partial charge in [0.2, 0.25) is 0 Å². The number of hydrogen-bond acceptors (Lipinski definition) is 6. The normalized spacial score (nSPS) is 13.5. The van der Waals surface area contributed by atoms with Crippen LogP contribution in [-0.2, 0) is 13.0 Å². The molecule has 0 amide bonds. The van der Waals surface area contributed by atoms with Crippen molar-refractivity contribution < 1.29 is 4.39 Å². The summed E-state index contributed by atoms with van der Waals surface area (Å²) in [5, 5.41) is 4.65.